The second-order valence-electron chi connectivity index (χ2n) is 2.32. The zero-order valence-electron chi connectivity index (χ0n) is 6.51. The van der Waals surface area contributed by atoms with Gasteiger partial charge in [-0.05, 0) is 20.9 Å². The molecule has 0 aromatic heterocycles. The molecule has 0 unspecified atom stereocenters. The number of sulfonamides is 1. The van der Waals surface area contributed by atoms with E-state index in [0.717, 1.165) is 0 Å². The van der Waals surface area contributed by atoms with Crippen LogP contribution in [0.5, 0.6) is 0 Å². The first-order chi connectivity index (χ1) is 4.48. The Labute approximate surface area is 62.1 Å². The van der Waals surface area contributed by atoms with E-state index in [2.05, 4.69) is 10.0 Å². The van der Waals surface area contributed by atoms with Crippen molar-refractivity contribution >= 4 is 10.0 Å². The largest absolute Gasteiger partial charge is 0.300 e. The molecule has 10 heavy (non-hydrogen) atoms. The summed E-state index contributed by atoms with van der Waals surface area (Å²) in [5.74, 6) is -0.0127. The molecule has 62 valence electrons. The van der Waals surface area contributed by atoms with Crippen LogP contribution in [0.15, 0.2) is 0 Å². The van der Waals surface area contributed by atoms with E-state index in [1.54, 1.807) is 0 Å². The first-order valence-electron chi connectivity index (χ1n) is 3.12. The quantitative estimate of drug-likeness (QED) is 0.591. The predicted molar refractivity (Wildman–Crippen MR) is 41.1 cm³/mol. The molecule has 0 radical (unpaired) electrons. The smallest absolute Gasteiger partial charge is 0.224 e. The van der Waals surface area contributed by atoms with Gasteiger partial charge in [-0.25, -0.2) is 13.1 Å². The van der Waals surface area contributed by atoms with Gasteiger partial charge in [-0.2, -0.15) is 0 Å². The van der Waals surface area contributed by atoms with Gasteiger partial charge in [0.05, 0.1) is 0 Å². The molecule has 0 aliphatic rings. The zero-order chi connectivity index (χ0) is 8.20. The summed E-state index contributed by atoms with van der Waals surface area (Å²) in [5, 5.41) is 2.79. The van der Waals surface area contributed by atoms with Crippen LogP contribution in [0.2, 0.25) is 0 Å². The van der Waals surface area contributed by atoms with Gasteiger partial charge in [-0.3, -0.25) is 0 Å². The fourth-order valence-electron chi connectivity index (χ4n) is 0.349. The maximum Gasteiger partial charge on any atom is 0.224 e. The number of nitrogens with one attached hydrogen (secondary N) is 2. The van der Waals surface area contributed by atoms with Gasteiger partial charge in [0.2, 0.25) is 10.0 Å². The summed E-state index contributed by atoms with van der Waals surface area (Å²) in [6, 6.07) is 0.197. The first kappa shape index (κ1) is 9.87. The van der Waals surface area contributed by atoms with Crippen molar-refractivity contribution in [1.82, 2.24) is 10.0 Å². The van der Waals surface area contributed by atoms with Crippen molar-refractivity contribution in [2.45, 2.75) is 19.9 Å². The molecule has 2 N–H and O–H groups in total. The maximum atomic E-state index is 10.7. The van der Waals surface area contributed by atoms with Crippen molar-refractivity contribution in [3.63, 3.8) is 0 Å². The first-order valence-corrected chi connectivity index (χ1v) is 4.78. The Bertz CT molecular complexity index is 174. The average molecular weight is 166 g/mol. The van der Waals surface area contributed by atoms with Gasteiger partial charge in [-0.15, -0.1) is 0 Å². The Kier molecular flexibility index (Phi) is 3.85. The minimum absolute atomic E-state index is 0.0127. The van der Waals surface area contributed by atoms with E-state index in [1.807, 2.05) is 13.8 Å². The highest BCUT2D eigenvalue weighted by Gasteiger charge is 2.05. The third-order valence-corrected chi connectivity index (χ3v) is 2.16. The van der Waals surface area contributed by atoms with Crippen molar-refractivity contribution in [3.05, 3.63) is 0 Å². The number of hydrogen-bond donors (Lipinski definition) is 2. The van der Waals surface area contributed by atoms with E-state index < -0.39 is 10.0 Å². The third kappa shape index (κ3) is 4.72. The summed E-state index contributed by atoms with van der Waals surface area (Å²) in [4.78, 5) is 0. The van der Waals surface area contributed by atoms with E-state index in [4.69, 9.17) is 0 Å². The highest BCUT2D eigenvalue weighted by molar-refractivity contribution is 7.89. The van der Waals surface area contributed by atoms with Crippen LogP contribution in [0.3, 0.4) is 0 Å². The normalized spacial score (nSPS) is 12.4. The summed E-state index contributed by atoms with van der Waals surface area (Å²) in [6.07, 6.45) is 0. The lowest BCUT2D eigenvalue weighted by Gasteiger charge is -2.06. The van der Waals surface area contributed by atoms with Gasteiger partial charge in [0.25, 0.3) is 0 Å². The van der Waals surface area contributed by atoms with Crippen LogP contribution in [0.4, 0.5) is 0 Å². The molecular weight excluding hydrogens is 152 g/mol. The van der Waals surface area contributed by atoms with Gasteiger partial charge in [0, 0.05) is 6.04 Å². The molecule has 4 nitrogen and oxygen atoms in total. The molecule has 0 aromatic rings. The lowest BCUT2D eigenvalue weighted by Crippen LogP contribution is -2.34. The maximum absolute atomic E-state index is 10.7. The topological polar surface area (TPSA) is 58.2 Å². The van der Waals surface area contributed by atoms with Crippen molar-refractivity contribution in [1.29, 1.82) is 0 Å². The van der Waals surface area contributed by atoms with Crippen LogP contribution in [0.1, 0.15) is 13.8 Å². The van der Waals surface area contributed by atoms with E-state index in [9.17, 15) is 8.42 Å². The van der Waals surface area contributed by atoms with Crippen LogP contribution < -0.4 is 10.0 Å². The molecule has 5 heteroatoms. The SMILES string of the molecule is CNS(=O)(=O)CNC(C)C. The molecule has 0 amide bonds. The molecule has 0 aliphatic carbocycles. The monoisotopic (exact) mass is 166 g/mol. The minimum Gasteiger partial charge on any atom is -0.300 e. The average Bonchev–Trinajstić information content (AvgIpc) is 1.85. The minimum atomic E-state index is -3.08. The molecule has 0 heterocycles. The molecule has 0 spiro atoms. The van der Waals surface area contributed by atoms with Crippen LogP contribution in [0.25, 0.3) is 0 Å². The molecule has 0 fully saturated rings. The lowest BCUT2D eigenvalue weighted by molar-refractivity contribution is 0.566. The van der Waals surface area contributed by atoms with Gasteiger partial charge in [0.1, 0.15) is 5.88 Å². The Morgan fingerprint density at radius 3 is 2.20 bits per heavy atom. The molecule has 0 atom stereocenters. The van der Waals surface area contributed by atoms with Gasteiger partial charge < -0.3 is 5.32 Å². The fraction of sp³-hybridized carbons (Fsp3) is 1.00. The molecule has 0 saturated heterocycles. The van der Waals surface area contributed by atoms with Gasteiger partial charge in [0.15, 0.2) is 0 Å². The highest BCUT2D eigenvalue weighted by Crippen LogP contribution is 1.80. The van der Waals surface area contributed by atoms with Crippen LogP contribution in [-0.2, 0) is 10.0 Å². The van der Waals surface area contributed by atoms with Crippen molar-refractivity contribution in [2.75, 3.05) is 12.9 Å². The Hall–Kier alpha value is -0.130. The van der Waals surface area contributed by atoms with E-state index in [0.29, 0.717) is 0 Å². The van der Waals surface area contributed by atoms with Gasteiger partial charge >= 0.3 is 0 Å². The third-order valence-electron chi connectivity index (χ3n) is 0.993. The van der Waals surface area contributed by atoms with Crippen molar-refractivity contribution < 1.29 is 8.42 Å². The predicted octanol–water partition coefficient (Wildman–Crippen LogP) is -0.509. The summed E-state index contributed by atoms with van der Waals surface area (Å²) < 4.78 is 23.7. The second-order valence-corrected chi connectivity index (χ2v) is 4.25. The molecule has 0 saturated carbocycles. The van der Waals surface area contributed by atoms with Crippen LogP contribution in [0, 0.1) is 0 Å². The molecular formula is C5H14N2O2S. The number of hydrogen-bond acceptors (Lipinski definition) is 3. The fourth-order valence-corrected chi connectivity index (χ4v) is 1.05. The molecule has 0 rings (SSSR count). The Morgan fingerprint density at radius 2 is 1.90 bits per heavy atom. The Balaban J connectivity index is 3.70. The highest BCUT2D eigenvalue weighted by atomic mass is 32.2. The molecule has 0 aliphatic heterocycles. The lowest BCUT2D eigenvalue weighted by atomic mass is 10.4. The Morgan fingerprint density at radius 1 is 1.40 bits per heavy atom. The summed E-state index contributed by atoms with van der Waals surface area (Å²) in [5.41, 5.74) is 0. The van der Waals surface area contributed by atoms with Gasteiger partial charge in [-0.1, -0.05) is 0 Å². The van der Waals surface area contributed by atoms with Crippen LogP contribution in [-0.4, -0.2) is 27.4 Å². The van der Waals surface area contributed by atoms with E-state index >= 15 is 0 Å². The second kappa shape index (κ2) is 3.90. The number of rotatable bonds is 4. The van der Waals surface area contributed by atoms with E-state index in [-0.39, 0.29) is 11.9 Å². The molecule has 0 aromatic carbocycles. The standard InChI is InChI=1S/C5H14N2O2S/c1-5(2)7-4-10(8,9)6-3/h5-7H,4H2,1-3H3. The van der Waals surface area contributed by atoms with Crippen LogP contribution >= 0.6 is 0 Å². The summed E-state index contributed by atoms with van der Waals surface area (Å²) >= 11 is 0. The van der Waals surface area contributed by atoms with Crippen molar-refractivity contribution in [3.8, 4) is 0 Å². The zero-order valence-corrected chi connectivity index (χ0v) is 7.33. The van der Waals surface area contributed by atoms with E-state index in [1.165, 1.54) is 7.05 Å². The summed E-state index contributed by atoms with van der Waals surface area (Å²) in [7, 11) is -1.68. The van der Waals surface area contributed by atoms with Crippen molar-refractivity contribution in [2.24, 2.45) is 0 Å². The molecule has 0 bridgehead atoms. The summed E-state index contributed by atoms with van der Waals surface area (Å²) in [6.45, 7) is 3.79.